The lowest BCUT2D eigenvalue weighted by Gasteiger charge is -2.14. The van der Waals surface area contributed by atoms with Crippen molar-refractivity contribution in [1.29, 1.82) is 0 Å². The number of carbonyl (C=O) groups is 1. The predicted octanol–water partition coefficient (Wildman–Crippen LogP) is 0.250. The van der Waals surface area contributed by atoms with Crippen LogP contribution >= 0.6 is 0 Å². The van der Waals surface area contributed by atoms with E-state index >= 15 is 0 Å². The van der Waals surface area contributed by atoms with Gasteiger partial charge in [-0.2, -0.15) is 0 Å². The summed E-state index contributed by atoms with van der Waals surface area (Å²) in [6.07, 6.45) is 3.19. The van der Waals surface area contributed by atoms with Gasteiger partial charge in [-0.15, -0.1) is 0 Å². The highest BCUT2D eigenvalue weighted by molar-refractivity contribution is 5.82. The van der Waals surface area contributed by atoms with Crippen molar-refractivity contribution in [3.63, 3.8) is 0 Å². The van der Waals surface area contributed by atoms with Crippen molar-refractivity contribution in [2.75, 3.05) is 6.54 Å². The Labute approximate surface area is 72.7 Å². The van der Waals surface area contributed by atoms with Gasteiger partial charge in [-0.3, -0.25) is 4.79 Å². The van der Waals surface area contributed by atoms with Crippen molar-refractivity contribution >= 4 is 5.91 Å². The second kappa shape index (κ2) is 2.46. The molecule has 3 N–H and O–H groups in total. The average molecular weight is 168 g/mol. The molecule has 0 aromatic rings. The van der Waals surface area contributed by atoms with Crippen LogP contribution in [-0.2, 0) is 4.79 Å². The van der Waals surface area contributed by atoms with E-state index < -0.39 is 0 Å². The summed E-state index contributed by atoms with van der Waals surface area (Å²) in [5.74, 6) is 1.11. The predicted molar refractivity (Wildman–Crippen MR) is 46.4 cm³/mol. The van der Waals surface area contributed by atoms with E-state index in [0.29, 0.717) is 12.5 Å². The van der Waals surface area contributed by atoms with Crippen LogP contribution in [0.2, 0.25) is 0 Å². The van der Waals surface area contributed by atoms with E-state index in [1.165, 1.54) is 0 Å². The molecule has 3 nitrogen and oxygen atoms in total. The average Bonchev–Trinajstić information content (AvgIpc) is 2.89. The maximum absolute atomic E-state index is 11.5. The Bertz CT molecular complexity index is 211. The summed E-state index contributed by atoms with van der Waals surface area (Å²) in [6, 6.07) is 0. The molecule has 2 fully saturated rings. The van der Waals surface area contributed by atoms with E-state index in [0.717, 1.165) is 19.3 Å². The smallest absolute Gasteiger partial charge is 0.223 e. The van der Waals surface area contributed by atoms with E-state index in [1.807, 2.05) is 0 Å². The number of hydrogen-bond donors (Lipinski definition) is 2. The summed E-state index contributed by atoms with van der Waals surface area (Å²) in [5.41, 5.74) is 5.56. The lowest BCUT2D eigenvalue weighted by Crippen LogP contribution is -2.43. The fourth-order valence-corrected chi connectivity index (χ4v) is 1.57. The summed E-state index contributed by atoms with van der Waals surface area (Å²) in [5, 5.41) is 3.05. The minimum atomic E-state index is -0.000602. The Hall–Kier alpha value is -0.570. The van der Waals surface area contributed by atoms with Crippen LogP contribution in [0.4, 0.5) is 0 Å². The van der Waals surface area contributed by atoms with Gasteiger partial charge < -0.3 is 11.1 Å². The molecule has 0 aliphatic heterocycles. The number of hydrogen-bond acceptors (Lipinski definition) is 2. The van der Waals surface area contributed by atoms with Gasteiger partial charge in [-0.25, -0.2) is 0 Å². The van der Waals surface area contributed by atoms with Gasteiger partial charge in [0.2, 0.25) is 5.91 Å². The van der Waals surface area contributed by atoms with Crippen molar-refractivity contribution in [2.45, 2.75) is 31.7 Å². The maximum atomic E-state index is 11.5. The van der Waals surface area contributed by atoms with Crippen molar-refractivity contribution in [3.05, 3.63) is 0 Å². The Morgan fingerprint density at radius 2 is 2.25 bits per heavy atom. The summed E-state index contributed by atoms with van der Waals surface area (Å²) >= 11 is 0. The van der Waals surface area contributed by atoms with Gasteiger partial charge in [-0.1, -0.05) is 6.92 Å². The molecular formula is C9H16N2O. The molecule has 2 atom stereocenters. The molecule has 12 heavy (non-hydrogen) atoms. The first kappa shape index (κ1) is 8.05. The van der Waals surface area contributed by atoms with E-state index in [1.54, 1.807) is 0 Å². The van der Waals surface area contributed by atoms with Crippen LogP contribution in [0.15, 0.2) is 0 Å². The third-order valence-corrected chi connectivity index (χ3v) is 3.08. The zero-order chi connectivity index (χ0) is 8.77. The molecule has 2 aliphatic rings. The molecule has 0 heterocycles. The van der Waals surface area contributed by atoms with Gasteiger partial charge >= 0.3 is 0 Å². The first-order valence-electron chi connectivity index (χ1n) is 4.69. The fraction of sp³-hybridized carbons (Fsp3) is 0.889. The molecule has 2 unspecified atom stereocenters. The van der Waals surface area contributed by atoms with E-state index in [-0.39, 0.29) is 17.4 Å². The summed E-state index contributed by atoms with van der Waals surface area (Å²) in [7, 11) is 0. The number of rotatable bonds is 3. The first-order valence-corrected chi connectivity index (χ1v) is 4.69. The van der Waals surface area contributed by atoms with Crippen molar-refractivity contribution in [3.8, 4) is 0 Å². The summed E-state index contributed by atoms with van der Waals surface area (Å²) < 4.78 is 0. The first-order chi connectivity index (χ1) is 5.67. The van der Waals surface area contributed by atoms with Crippen molar-refractivity contribution < 1.29 is 4.79 Å². The largest absolute Gasteiger partial charge is 0.349 e. The second-order valence-corrected chi connectivity index (χ2v) is 4.29. The van der Waals surface area contributed by atoms with Crippen LogP contribution in [0.3, 0.4) is 0 Å². The highest BCUT2D eigenvalue weighted by Crippen LogP contribution is 2.40. The molecule has 0 aromatic carbocycles. The lowest BCUT2D eigenvalue weighted by molar-refractivity contribution is -0.123. The number of nitrogens with two attached hydrogens (primary N) is 1. The molecule has 0 aromatic heterocycles. The number of amides is 1. The summed E-state index contributed by atoms with van der Waals surface area (Å²) in [6.45, 7) is 2.71. The minimum absolute atomic E-state index is 0.000602. The van der Waals surface area contributed by atoms with Crippen LogP contribution in [-0.4, -0.2) is 18.0 Å². The van der Waals surface area contributed by atoms with Crippen LogP contribution < -0.4 is 11.1 Å². The standard InChI is InChI=1S/C9H16N2O/c1-6-4-7(6)8(12)11-9(5-10)2-3-9/h6-7H,2-5,10H2,1H3,(H,11,12). The van der Waals surface area contributed by atoms with Gasteiger partial charge in [0.25, 0.3) is 0 Å². The molecule has 2 rings (SSSR count). The van der Waals surface area contributed by atoms with Gasteiger partial charge in [0.1, 0.15) is 0 Å². The number of carbonyl (C=O) groups excluding carboxylic acids is 1. The SMILES string of the molecule is CC1CC1C(=O)NC1(CN)CC1. The molecule has 2 aliphatic carbocycles. The molecule has 68 valence electrons. The Balaban J connectivity index is 1.83. The van der Waals surface area contributed by atoms with E-state index in [4.69, 9.17) is 5.73 Å². The van der Waals surface area contributed by atoms with Crippen molar-refractivity contribution in [2.24, 2.45) is 17.6 Å². The zero-order valence-electron chi connectivity index (χ0n) is 7.47. The van der Waals surface area contributed by atoms with Crippen LogP contribution in [0, 0.1) is 11.8 Å². The zero-order valence-corrected chi connectivity index (χ0v) is 7.47. The second-order valence-electron chi connectivity index (χ2n) is 4.29. The third kappa shape index (κ3) is 1.33. The normalized spacial score (nSPS) is 35.8. The quantitative estimate of drug-likeness (QED) is 0.634. The lowest BCUT2D eigenvalue weighted by atomic mass is 10.2. The third-order valence-electron chi connectivity index (χ3n) is 3.08. The molecule has 3 heteroatoms. The van der Waals surface area contributed by atoms with Gasteiger partial charge in [0.15, 0.2) is 0 Å². The molecule has 0 spiro atoms. The van der Waals surface area contributed by atoms with Gasteiger partial charge in [0.05, 0.1) is 5.54 Å². The Kier molecular flexibility index (Phi) is 1.65. The van der Waals surface area contributed by atoms with Crippen LogP contribution in [0.1, 0.15) is 26.2 Å². The molecule has 0 bridgehead atoms. The minimum Gasteiger partial charge on any atom is -0.349 e. The van der Waals surface area contributed by atoms with Gasteiger partial charge in [0, 0.05) is 12.5 Å². The highest BCUT2D eigenvalue weighted by Gasteiger charge is 2.47. The van der Waals surface area contributed by atoms with Crippen LogP contribution in [0.5, 0.6) is 0 Å². The molecule has 1 amide bonds. The highest BCUT2D eigenvalue weighted by atomic mass is 16.2. The molecule has 2 saturated carbocycles. The summed E-state index contributed by atoms with van der Waals surface area (Å²) in [4.78, 5) is 11.5. The van der Waals surface area contributed by atoms with E-state index in [2.05, 4.69) is 12.2 Å². The Morgan fingerprint density at radius 3 is 2.58 bits per heavy atom. The molecule has 0 radical (unpaired) electrons. The topological polar surface area (TPSA) is 55.1 Å². The monoisotopic (exact) mass is 168 g/mol. The number of nitrogens with one attached hydrogen (secondary N) is 1. The van der Waals surface area contributed by atoms with Gasteiger partial charge in [-0.05, 0) is 25.2 Å². The van der Waals surface area contributed by atoms with Crippen LogP contribution in [0.25, 0.3) is 0 Å². The van der Waals surface area contributed by atoms with E-state index in [9.17, 15) is 4.79 Å². The van der Waals surface area contributed by atoms with Crippen molar-refractivity contribution in [1.82, 2.24) is 5.32 Å². The fourth-order valence-electron chi connectivity index (χ4n) is 1.57. The molecular weight excluding hydrogens is 152 g/mol. The maximum Gasteiger partial charge on any atom is 0.223 e. The Morgan fingerprint density at radius 1 is 1.67 bits per heavy atom. The molecule has 0 saturated heterocycles.